The van der Waals surface area contributed by atoms with Crippen LogP contribution >= 0.6 is 0 Å². The van der Waals surface area contributed by atoms with Gasteiger partial charge in [-0.1, -0.05) is 0 Å². The van der Waals surface area contributed by atoms with Gasteiger partial charge in [0, 0.05) is 12.8 Å². The zero-order chi connectivity index (χ0) is 19.8. The van der Waals surface area contributed by atoms with E-state index in [1.54, 1.807) is 27.7 Å². The SMILES string of the molecule is CC(C)(O)[C@@]12CC[C@@](C)(O1)[C@@H](O)C2.CC(C)(O)[C@]12CC[C@](C)(O1)[C@H](O)C2. The molecule has 4 aliphatic heterocycles. The molecule has 4 saturated heterocycles. The predicted molar refractivity (Wildman–Crippen MR) is 96.8 cm³/mol. The minimum absolute atomic E-state index is 0.417. The van der Waals surface area contributed by atoms with E-state index in [4.69, 9.17) is 9.47 Å². The quantitative estimate of drug-likeness (QED) is 0.588. The van der Waals surface area contributed by atoms with Crippen LogP contribution in [0.15, 0.2) is 0 Å². The molecular weight excluding hydrogens is 336 g/mol. The molecule has 4 heterocycles. The lowest BCUT2D eigenvalue weighted by Crippen LogP contribution is -2.48. The highest BCUT2D eigenvalue weighted by Gasteiger charge is 2.64. The fourth-order valence-corrected chi connectivity index (χ4v) is 5.17. The topological polar surface area (TPSA) is 99.4 Å². The molecule has 0 saturated carbocycles. The zero-order valence-corrected chi connectivity index (χ0v) is 17.0. The minimum atomic E-state index is -0.859. The Morgan fingerprint density at radius 2 is 1.00 bits per heavy atom. The Labute approximate surface area is 156 Å². The van der Waals surface area contributed by atoms with Crippen LogP contribution in [0.25, 0.3) is 0 Å². The third-order valence-electron chi connectivity index (χ3n) is 7.59. The van der Waals surface area contributed by atoms with Crippen molar-refractivity contribution in [3.63, 3.8) is 0 Å². The second-order valence-electron chi connectivity index (χ2n) is 10.4. The fraction of sp³-hybridized carbons (Fsp3) is 1.00. The number of ether oxygens (including phenoxy) is 2. The molecule has 152 valence electrons. The summed E-state index contributed by atoms with van der Waals surface area (Å²) < 4.78 is 11.6. The highest BCUT2D eigenvalue weighted by Crippen LogP contribution is 2.56. The third kappa shape index (κ3) is 2.85. The summed E-state index contributed by atoms with van der Waals surface area (Å²) >= 11 is 0. The first-order valence-electron chi connectivity index (χ1n) is 9.80. The molecule has 0 amide bonds. The van der Waals surface area contributed by atoms with Crippen LogP contribution < -0.4 is 0 Å². The number of rotatable bonds is 2. The molecule has 0 aliphatic carbocycles. The van der Waals surface area contributed by atoms with Crippen LogP contribution in [0.5, 0.6) is 0 Å². The van der Waals surface area contributed by atoms with Gasteiger partial charge < -0.3 is 29.9 Å². The van der Waals surface area contributed by atoms with Crippen molar-refractivity contribution in [2.24, 2.45) is 0 Å². The van der Waals surface area contributed by atoms with Gasteiger partial charge in [-0.2, -0.15) is 0 Å². The molecule has 4 N–H and O–H groups in total. The van der Waals surface area contributed by atoms with Gasteiger partial charge in [-0.05, 0) is 67.2 Å². The van der Waals surface area contributed by atoms with E-state index in [1.807, 2.05) is 13.8 Å². The molecule has 0 spiro atoms. The van der Waals surface area contributed by atoms with Crippen molar-refractivity contribution in [3.05, 3.63) is 0 Å². The van der Waals surface area contributed by atoms with E-state index < -0.39 is 45.8 Å². The van der Waals surface area contributed by atoms with Crippen molar-refractivity contribution in [1.29, 1.82) is 0 Å². The summed E-state index contributed by atoms with van der Waals surface area (Å²) in [7, 11) is 0. The van der Waals surface area contributed by atoms with Crippen molar-refractivity contribution in [2.75, 3.05) is 0 Å². The van der Waals surface area contributed by atoms with Crippen molar-refractivity contribution in [2.45, 2.75) is 126 Å². The Balaban J connectivity index is 0.000000151. The molecular formula is C20H36O6. The van der Waals surface area contributed by atoms with Gasteiger partial charge in [0.05, 0.1) is 45.8 Å². The predicted octanol–water partition coefficient (Wildman–Crippen LogP) is 1.66. The second-order valence-corrected chi connectivity index (χ2v) is 10.4. The number of aliphatic hydroxyl groups is 4. The largest absolute Gasteiger partial charge is 0.390 e. The summed E-state index contributed by atoms with van der Waals surface area (Å²) in [5.74, 6) is 0. The Morgan fingerprint density at radius 3 is 1.12 bits per heavy atom. The summed E-state index contributed by atoms with van der Waals surface area (Å²) in [6.45, 7) is 10.9. The van der Waals surface area contributed by atoms with Crippen molar-refractivity contribution < 1.29 is 29.9 Å². The van der Waals surface area contributed by atoms with Gasteiger partial charge in [-0.25, -0.2) is 0 Å². The summed E-state index contributed by atoms with van der Waals surface area (Å²) in [6.07, 6.45) is 3.67. The highest BCUT2D eigenvalue weighted by atomic mass is 16.6. The normalized spacial score (nSPS) is 50.1. The van der Waals surface area contributed by atoms with Crippen LogP contribution in [-0.2, 0) is 9.47 Å². The van der Waals surface area contributed by atoms with E-state index in [-0.39, 0.29) is 0 Å². The molecule has 26 heavy (non-hydrogen) atoms. The first-order chi connectivity index (χ1) is 11.6. The second kappa shape index (κ2) is 5.65. The smallest absolute Gasteiger partial charge is 0.0998 e. The first kappa shape index (κ1) is 20.5. The average molecular weight is 373 g/mol. The van der Waals surface area contributed by atoms with Gasteiger partial charge in [-0.3, -0.25) is 0 Å². The van der Waals surface area contributed by atoms with Crippen LogP contribution in [0.2, 0.25) is 0 Å². The lowest BCUT2D eigenvalue weighted by molar-refractivity contribution is -0.151. The Bertz CT molecular complexity index is 516. The maximum atomic E-state index is 9.99. The molecule has 0 radical (unpaired) electrons. The van der Waals surface area contributed by atoms with Crippen LogP contribution in [0, 0.1) is 0 Å². The third-order valence-corrected chi connectivity index (χ3v) is 7.59. The van der Waals surface area contributed by atoms with E-state index in [2.05, 4.69) is 0 Å². The number of hydrogen-bond acceptors (Lipinski definition) is 6. The van der Waals surface area contributed by atoms with Crippen molar-refractivity contribution in [1.82, 2.24) is 0 Å². The van der Waals surface area contributed by atoms with E-state index in [0.717, 1.165) is 25.7 Å². The summed E-state index contributed by atoms with van der Waals surface area (Å²) in [6, 6.07) is 0. The van der Waals surface area contributed by atoms with E-state index >= 15 is 0 Å². The maximum Gasteiger partial charge on any atom is 0.0998 e. The van der Waals surface area contributed by atoms with Gasteiger partial charge in [0.25, 0.3) is 0 Å². The molecule has 4 rings (SSSR count). The Kier molecular flexibility index (Phi) is 4.45. The molecule has 0 unspecified atom stereocenters. The van der Waals surface area contributed by atoms with Gasteiger partial charge in [0.2, 0.25) is 0 Å². The lowest BCUT2D eigenvalue weighted by atomic mass is 9.73. The fourth-order valence-electron chi connectivity index (χ4n) is 5.17. The summed E-state index contributed by atoms with van der Waals surface area (Å²) in [5, 5.41) is 39.5. The molecule has 4 aliphatic rings. The molecule has 0 aromatic rings. The van der Waals surface area contributed by atoms with Crippen LogP contribution in [0.4, 0.5) is 0 Å². The Morgan fingerprint density at radius 1 is 0.692 bits per heavy atom. The van der Waals surface area contributed by atoms with Gasteiger partial charge in [0.1, 0.15) is 0 Å². The van der Waals surface area contributed by atoms with Crippen LogP contribution in [-0.4, -0.2) is 66.2 Å². The molecule has 6 nitrogen and oxygen atoms in total. The maximum absolute atomic E-state index is 9.99. The molecule has 6 heteroatoms. The number of hydrogen-bond donors (Lipinski definition) is 4. The molecule has 4 fully saturated rings. The molecule has 0 aromatic carbocycles. The van der Waals surface area contributed by atoms with Crippen molar-refractivity contribution in [3.8, 4) is 0 Å². The van der Waals surface area contributed by atoms with Crippen LogP contribution in [0.1, 0.15) is 80.1 Å². The monoisotopic (exact) mass is 372 g/mol. The highest BCUT2D eigenvalue weighted by molar-refractivity contribution is 5.14. The summed E-state index contributed by atoms with van der Waals surface area (Å²) in [4.78, 5) is 0. The zero-order valence-electron chi connectivity index (χ0n) is 17.0. The average Bonchev–Trinajstić information content (AvgIpc) is 3.13. The number of fused-ring (bicyclic) bond motifs is 4. The van der Waals surface area contributed by atoms with E-state index in [0.29, 0.717) is 12.8 Å². The molecule has 0 aromatic heterocycles. The lowest BCUT2D eigenvalue weighted by Gasteiger charge is -2.37. The first-order valence-corrected chi connectivity index (χ1v) is 9.80. The van der Waals surface area contributed by atoms with Crippen molar-refractivity contribution >= 4 is 0 Å². The summed E-state index contributed by atoms with van der Waals surface area (Å²) in [5.41, 5.74) is -3.58. The van der Waals surface area contributed by atoms with Gasteiger partial charge >= 0.3 is 0 Å². The van der Waals surface area contributed by atoms with Crippen LogP contribution in [0.3, 0.4) is 0 Å². The van der Waals surface area contributed by atoms with Gasteiger partial charge in [-0.15, -0.1) is 0 Å². The molecule has 6 atom stereocenters. The number of aliphatic hydroxyl groups excluding tert-OH is 2. The molecule has 4 bridgehead atoms. The van der Waals surface area contributed by atoms with E-state index in [9.17, 15) is 20.4 Å². The minimum Gasteiger partial charge on any atom is -0.390 e. The standard InChI is InChI=1S/2C10H18O3/c2*1-8(2,12)10-5-4-9(3,13-10)7(11)6-10/h2*7,11-12H,4-6H2,1-3H3/t2*7-,9+,10-/m10/s1. The van der Waals surface area contributed by atoms with E-state index in [1.165, 1.54) is 0 Å². The van der Waals surface area contributed by atoms with Gasteiger partial charge in [0.15, 0.2) is 0 Å². The Hall–Kier alpha value is -0.240.